The zero-order valence-electron chi connectivity index (χ0n) is 14.7. The smallest absolute Gasteiger partial charge is 0.239 e. The SMILES string of the molecule is CCC(Sc1nc(CC(C)C)ccc1C#N)C(=O)Nc1nnc(C)s1. The molecule has 2 aromatic rings. The van der Waals surface area contributed by atoms with E-state index < -0.39 is 0 Å². The molecule has 2 rings (SSSR count). The molecule has 0 radical (unpaired) electrons. The molecule has 132 valence electrons. The van der Waals surface area contributed by atoms with E-state index in [0.717, 1.165) is 17.1 Å². The van der Waals surface area contributed by atoms with Crippen molar-refractivity contribution in [3.05, 3.63) is 28.4 Å². The molecule has 0 aliphatic heterocycles. The van der Waals surface area contributed by atoms with Gasteiger partial charge in [-0.05, 0) is 37.8 Å². The maximum atomic E-state index is 12.5. The van der Waals surface area contributed by atoms with Gasteiger partial charge in [-0.2, -0.15) is 5.26 Å². The first-order valence-corrected chi connectivity index (χ1v) is 9.80. The summed E-state index contributed by atoms with van der Waals surface area (Å²) in [7, 11) is 0. The van der Waals surface area contributed by atoms with E-state index in [9.17, 15) is 10.1 Å². The fraction of sp³-hybridized carbons (Fsp3) is 0.471. The molecule has 0 saturated heterocycles. The van der Waals surface area contributed by atoms with Crippen molar-refractivity contribution < 1.29 is 4.79 Å². The molecule has 0 aliphatic carbocycles. The molecule has 1 amide bonds. The minimum atomic E-state index is -0.349. The van der Waals surface area contributed by atoms with E-state index in [1.165, 1.54) is 23.1 Å². The predicted octanol–water partition coefficient (Wildman–Crippen LogP) is 3.82. The summed E-state index contributed by atoms with van der Waals surface area (Å²) in [6, 6.07) is 5.83. The molecule has 8 heteroatoms. The van der Waals surface area contributed by atoms with E-state index in [0.29, 0.717) is 28.1 Å². The number of rotatable bonds is 7. The van der Waals surface area contributed by atoms with Crippen LogP contribution in [0.15, 0.2) is 17.2 Å². The van der Waals surface area contributed by atoms with Gasteiger partial charge in [0, 0.05) is 5.69 Å². The van der Waals surface area contributed by atoms with Crippen LogP contribution in [-0.4, -0.2) is 26.3 Å². The van der Waals surface area contributed by atoms with Crippen LogP contribution in [0.5, 0.6) is 0 Å². The first-order valence-electron chi connectivity index (χ1n) is 8.10. The zero-order chi connectivity index (χ0) is 18.4. The summed E-state index contributed by atoms with van der Waals surface area (Å²) in [6.45, 7) is 8.02. The van der Waals surface area contributed by atoms with E-state index in [2.05, 4.69) is 40.4 Å². The van der Waals surface area contributed by atoms with Gasteiger partial charge in [0.05, 0.1) is 10.8 Å². The van der Waals surface area contributed by atoms with Gasteiger partial charge in [-0.15, -0.1) is 10.2 Å². The lowest BCUT2D eigenvalue weighted by Gasteiger charge is -2.14. The molecular formula is C17H21N5OS2. The number of anilines is 1. The number of nitrogens with one attached hydrogen (secondary N) is 1. The second kappa shape index (κ2) is 8.92. The first kappa shape index (κ1) is 19.3. The van der Waals surface area contributed by atoms with E-state index in [1.54, 1.807) is 6.07 Å². The highest BCUT2D eigenvalue weighted by molar-refractivity contribution is 8.00. The minimum absolute atomic E-state index is 0.149. The summed E-state index contributed by atoms with van der Waals surface area (Å²) in [5, 5.41) is 21.5. The van der Waals surface area contributed by atoms with Crippen molar-refractivity contribution >= 4 is 34.1 Å². The minimum Gasteiger partial charge on any atom is -0.300 e. The third kappa shape index (κ3) is 5.51. The number of nitriles is 1. The number of thioether (sulfide) groups is 1. The van der Waals surface area contributed by atoms with Gasteiger partial charge in [0.2, 0.25) is 11.0 Å². The van der Waals surface area contributed by atoms with Crippen molar-refractivity contribution in [3.8, 4) is 6.07 Å². The first-order chi connectivity index (χ1) is 11.9. The van der Waals surface area contributed by atoms with Crippen LogP contribution in [0.25, 0.3) is 0 Å². The second-order valence-corrected chi connectivity index (χ2v) is 8.37. The van der Waals surface area contributed by atoms with Crippen LogP contribution >= 0.6 is 23.1 Å². The molecule has 0 fully saturated rings. The van der Waals surface area contributed by atoms with Gasteiger partial charge in [0.25, 0.3) is 0 Å². The Bertz CT molecular complexity index is 782. The summed E-state index contributed by atoms with van der Waals surface area (Å²) in [4.78, 5) is 17.1. The summed E-state index contributed by atoms with van der Waals surface area (Å²) < 4.78 is 0. The largest absolute Gasteiger partial charge is 0.300 e. The van der Waals surface area contributed by atoms with Gasteiger partial charge in [0.1, 0.15) is 16.1 Å². The Morgan fingerprint density at radius 3 is 2.72 bits per heavy atom. The van der Waals surface area contributed by atoms with Crippen LogP contribution in [0, 0.1) is 24.2 Å². The standard InChI is InChI=1S/C17H21N5OS2/c1-5-14(15(23)20-17-22-21-11(4)24-17)25-16-12(9-18)6-7-13(19-16)8-10(2)3/h6-7,10,14H,5,8H2,1-4H3,(H,20,22,23). The number of carbonyl (C=O) groups excluding carboxylic acids is 1. The lowest BCUT2D eigenvalue weighted by Crippen LogP contribution is -2.24. The summed E-state index contributed by atoms with van der Waals surface area (Å²) >= 11 is 2.66. The van der Waals surface area contributed by atoms with Gasteiger partial charge in [-0.3, -0.25) is 10.1 Å². The highest BCUT2D eigenvalue weighted by atomic mass is 32.2. The van der Waals surface area contributed by atoms with Crippen molar-refractivity contribution in [2.45, 2.75) is 50.8 Å². The Morgan fingerprint density at radius 1 is 1.40 bits per heavy atom. The molecule has 1 atom stereocenters. The highest BCUT2D eigenvalue weighted by Crippen LogP contribution is 2.28. The van der Waals surface area contributed by atoms with Crippen LogP contribution < -0.4 is 5.32 Å². The van der Waals surface area contributed by atoms with Crippen molar-refractivity contribution in [2.75, 3.05) is 5.32 Å². The Labute approximate surface area is 156 Å². The summed E-state index contributed by atoms with van der Waals surface area (Å²) in [5.41, 5.74) is 1.43. The third-order valence-corrected chi connectivity index (χ3v) is 5.45. The summed E-state index contributed by atoms with van der Waals surface area (Å²) in [6.07, 6.45) is 1.46. The van der Waals surface area contributed by atoms with Gasteiger partial charge in [-0.25, -0.2) is 4.98 Å². The molecular weight excluding hydrogens is 354 g/mol. The van der Waals surface area contributed by atoms with Crippen LogP contribution in [0.2, 0.25) is 0 Å². The van der Waals surface area contributed by atoms with Crippen molar-refractivity contribution in [1.29, 1.82) is 5.26 Å². The Kier molecular flexibility index (Phi) is 6.91. The molecule has 6 nitrogen and oxygen atoms in total. The van der Waals surface area contributed by atoms with Gasteiger partial charge in [0.15, 0.2) is 0 Å². The monoisotopic (exact) mass is 375 g/mol. The van der Waals surface area contributed by atoms with Crippen LogP contribution in [-0.2, 0) is 11.2 Å². The lowest BCUT2D eigenvalue weighted by atomic mass is 10.1. The van der Waals surface area contributed by atoms with E-state index >= 15 is 0 Å². The average molecular weight is 376 g/mol. The normalized spacial score (nSPS) is 12.0. The third-order valence-electron chi connectivity index (χ3n) is 3.33. The molecule has 0 aliphatic rings. The molecule has 1 unspecified atom stereocenters. The van der Waals surface area contributed by atoms with Crippen molar-refractivity contribution in [1.82, 2.24) is 15.2 Å². The second-order valence-electron chi connectivity index (χ2n) is 6.00. The molecule has 2 heterocycles. The number of aryl methyl sites for hydroxylation is 1. The molecule has 0 saturated carbocycles. The predicted molar refractivity (Wildman–Crippen MR) is 101 cm³/mol. The van der Waals surface area contributed by atoms with Gasteiger partial charge in [-0.1, -0.05) is 43.9 Å². The number of pyridine rings is 1. The molecule has 25 heavy (non-hydrogen) atoms. The van der Waals surface area contributed by atoms with Crippen LogP contribution in [0.3, 0.4) is 0 Å². The fourth-order valence-corrected chi connectivity index (χ4v) is 3.78. The average Bonchev–Trinajstić information content (AvgIpc) is 2.97. The molecule has 1 N–H and O–H groups in total. The van der Waals surface area contributed by atoms with Crippen molar-refractivity contribution in [3.63, 3.8) is 0 Å². The Morgan fingerprint density at radius 2 is 2.16 bits per heavy atom. The van der Waals surface area contributed by atoms with E-state index in [-0.39, 0.29) is 11.2 Å². The number of hydrogen-bond acceptors (Lipinski definition) is 7. The molecule has 0 bridgehead atoms. The maximum absolute atomic E-state index is 12.5. The van der Waals surface area contributed by atoms with E-state index in [1.807, 2.05) is 19.9 Å². The van der Waals surface area contributed by atoms with Gasteiger partial charge >= 0.3 is 0 Å². The lowest BCUT2D eigenvalue weighted by molar-refractivity contribution is -0.115. The number of hydrogen-bond donors (Lipinski definition) is 1. The summed E-state index contributed by atoms with van der Waals surface area (Å²) in [5.74, 6) is 0.327. The van der Waals surface area contributed by atoms with Gasteiger partial charge < -0.3 is 0 Å². The number of nitrogens with zero attached hydrogens (tertiary/aromatic N) is 4. The quantitative estimate of drug-likeness (QED) is 0.740. The zero-order valence-corrected chi connectivity index (χ0v) is 16.4. The van der Waals surface area contributed by atoms with E-state index in [4.69, 9.17) is 0 Å². The van der Waals surface area contributed by atoms with Crippen molar-refractivity contribution in [2.24, 2.45) is 5.92 Å². The Hall–Kier alpha value is -1.98. The molecule has 0 spiro atoms. The Balaban J connectivity index is 2.16. The maximum Gasteiger partial charge on any atom is 0.239 e. The molecule has 2 aromatic heterocycles. The molecule has 0 aromatic carbocycles. The van der Waals surface area contributed by atoms with Crippen LogP contribution in [0.4, 0.5) is 5.13 Å². The topological polar surface area (TPSA) is 91.6 Å². The number of carbonyl (C=O) groups is 1. The highest BCUT2D eigenvalue weighted by Gasteiger charge is 2.22. The van der Waals surface area contributed by atoms with Crippen LogP contribution in [0.1, 0.15) is 43.5 Å². The number of aromatic nitrogens is 3. The fourth-order valence-electron chi connectivity index (χ4n) is 2.18. The number of amides is 1.